The topological polar surface area (TPSA) is 114 Å². The molecule has 1 heterocycles. The summed E-state index contributed by atoms with van der Waals surface area (Å²) in [7, 11) is -4.03. The molecule has 0 amide bonds. The van der Waals surface area contributed by atoms with Crippen molar-refractivity contribution in [3.05, 3.63) is 41.7 Å². The van der Waals surface area contributed by atoms with Gasteiger partial charge in [0, 0.05) is 0 Å². The third kappa shape index (κ3) is 3.23. The molecule has 0 bridgehead atoms. The second kappa shape index (κ2) is 5.84. The Morgan fingerprint density at radius 3 is 2.81 bits per heavy atom. The number of nitrogens with zero attached hydrogens (tertiary/aromatic N) is 2. The summed E-state index contributed by atoms with van der Waals surface area (Å²) in [5.41, 5.74) is 5.09. The van der Waals surface area contributed by atoms with E-state index >= 15 is 0 Å². The third-order valence-corrected chi connectivity index (χ3v) is 4.47. The highest BCUT2D eigenvalue weighted by atomic mass is 32.2. The molecule has 7 nitrogen and oxygen atoms in total. The molecule has 1 atom stereocenters. The van der Waals surface area contributed by atoms with Crippen molar-refractivity contribution in [1.82, 2.24) is 19.9 Å². The van der Waals surface area contributed by atoms with Crippen molar-refractivity contribution in [2.45, 2.75) is 17.9 Å². The maximum absolute atomic E-state index is 13.8. The lowest BCUT2D eigenvalue weighted by Gasteiger charge is -2.14. The van der Waals surface area contributed by atoms with Crippen LogP contribution in [0.2, 0.25) is 0 Å². The number of rotatable bonds is 5. The molecule has 0 fully saturated rings. The molecular formula is C11H12FN5O2S2. The van der Waals surface area contributed by atoms with Crippen LogP contribution < -0.4 is 10.5 Å². The monoisotopic (exact) mass is 329 g/mol. The van der Waals surface area contributed by atoms with Crippen LogP contribution in [-0.4, -0.2) is 28.6 Å². The minimum absolute atomic E-state index is 0.315. The van der Waals surface area contributed by atoms with E-state index in [-0.39, 0.29) is 15.4 Å². The Balaban J connectivity index is 2.41. The second-order valence-corrected chi connectivity index (χ2v) is 6.31. The van der Waals surface area contributed by atoms with E-state index in [1.165, 1.54) is 18.5 Å². The van der Waals surface area contributed by atoms with Gasteiger partial charge in [-0.1, -0.05) is 18.3 Å². The van der Waals surface area contributed by atoms with Crippen molar-refractivity contribution >= 4 is 27.2 Å². The molecule has 0 spiro atoms. The van der Waals surface area contributed by atoms with E-state index in [1.807, 2.05) is 0 Å². The molecule has 10 heteroatoms. The van der Waals surface area contributed by atoms with Crippen LogP contribution in [0, 0.1) is 5.82 Å². The zero-order valence-corrected chi connectivity index (χ0v) is 12.5. The number of thiocarbonyl (C=S) groups is 1. The largest absolute Gasteiger partial charge is 0.389 e. The number of aromatic amines is 1. The first-order valence-electron chi connectivity index (χ1n) is 5.79. The summed E-state index contributed by atoms with van der Waals surface area (Å²) >= 11 is 4.72. The fourth-order valence-corrected chi connectivity index (χ4v) is 3.45. The highest BCUT2D eigenvalue weighted by Gasteiger charge is 2.25. The van der Waals surface area contributed by atoms with E-state index in [4.69, 9.17) is 18.0 Å². The van der Waals surface area contributed by atoms with Crippen molar-refractivity contribution in [2.24, 2.45) is 5.73 Å². The lowest BCUT2D eigenvalue weighted by molar-refractivity contribution is 0.557. The van der Waals surface area contributed by atoms with Gasteiger partial charge in [0.25, 0.3) is 0 Å². The molecule has 0 saturated heterocycles. The van der Waals surface area contributed by atoms with Gasteiger partial charge >= 0.3 is 0 Å². The van der Waals surface area contributed by atoms with Crippen molar-refractivity contribution in [3.8, 4) is 0 Å². The normalized spacial score (nSPS) is 13.0. The van der Waals surface area contributed by atoms with Gasteiger partial charge in [0.1, 0.15) is 23.0 Å². The molecule has 0 aliphatic heterocycles. The average Bonchev–Trinajstić information content (AvgIpc) is 2.91. The molecule has 0 aliphatic rings. The third-order valence-electron chi connectivity index (χ3n) is 2.69. The maximum atomic E-state index is 13.8. The van der Waals surface area contributed by atoms with E-state index < -0.39 is 21.9 Å². The summed E-state index contributed by atoms with van der Waals surface area (Å²) in [6.45, 7) is 1.57. The standard InChI is InChI=1S/C11H12FN5O2S2/c1-6(11-14-5-15-16-11)17-21(18,19)8-4-2-3-7(12)9(8)10(13)20/h2-6,17H,1H3,(H2,13,20)(H,14,15,16). The fourth-order valence-electron chi connectivity index (χ4n) is 1.74. The molecule has 4 N–H and O–H groups in total. The molecule has 112 valence electrons. The van der Waals surface area contributed by atoms with Gasteiger partial charge in [-0.25, -0.2) is 22.5 Å². The van der Waals surface area contributed by atoms with E-state index in [1.54, 1.807) is 6.92 Å². The minimum atomic E-state index is -4.03. The van der Waals surface area contributed by atoms with Crippen LogP contribution in [0.5, 0.6) is 0 Å². The molecular weight excluding hydrogens is 317 g/mol. The summed E-state index contributed by atoms with van der Waals surface area (Å²) in [6, 6.07) is 2.91. The quantitative estimate of drug-likeness (QED) is 0.693. The highest BCUT2D eigenvalue weighted by Crippen LogP contribution is 2.20. The predicted octanol–water partition coefficient (Wildman–Crippen LogP) is 0.618. The lowest BCUT2D eigenvalue weighted by atomic mass is 10.2. The van der Waals surface area contributed by atoms with Crippen LogP contribution in [0.3, 0.4) is 0 Å². The van der Waals surface area contributed by atoms with Crippen LogP contribution in [-0.2, 0) is 10.0 Å². The van der Waals surface area contributed by atoms with E-state index in [0.717, 1.165) is 6.07 Å². The number of benzene rings is 1. The molecule has 1 unspecified atom stereocenters. The van der Waals surface area contributed by atoms with Gasteiger partial charge in [-0.05, 0) is 19.1 Å². The lowest BCUT2D eigenvalue weighted by Crippen LogP contribution is -2.30. The Bertz CT molecular complexity index is 761. The number of hydrogen-bond donors (Lipinski definition) is 3. The zero-order valence-electron chi connectivity index (χ0n) is 10.9. The number of nitrogens with two attached hydrogens (primary N) is 1. The number of halogens is 1. The van der Waals surface area contributed by atoms with E-state index in [0.29, 0.717) is 5.82 Å². The first-order chi connectivity index (χ1) is 9.83. The number of nitrogens with one attached hydrogen (secondary N) is 2. The molecule has 0 saturated carbocycles. The van der Waals surface area contributed by atoms with Crippen molar-refractivity contribution in [2.75, 3.05) is 0 Å². The fraction of sp³-hybridized carbons (Fsp3) is 0.182. The highest BCUT2D eigenvalue weighted by molar-refractivity contribution is 7.89. The van der Waals surface area contributed by atoms with Gasteiger partial charge in [-0.3, -0.25) is 5.10 Å². The summed E-state index contributed by atoms with van der Waals surface area (Å²) in [5.74, 6) is -0.468. The summed E-state index contributed by atoms with van der Waals surface area (Å²) in [4.78, 5) is 3.20. The Labute approximate surface area is 125 Å². The smallest absolute Gasteiger partial charge is 0.242 e. The van der Waals surface area contributed by atoms with Gasteiger partial charge in [-0.15, -0.1) is 0 Å². The minimum Gasteiger partial charge on any atom is -0.389 e. The number of aromatic nitrogens is 3. The number of sulfonamides is 1. The molecule has 0 radical (unpaired) electrons. The molecule has 1 aromatic heterocycles. The maximum Gasteiger partial charge on any atom is 0.242 e. The van der Waals surface area contributed by atoms with Gasteiger partial charge in [0.2, 0.25) is 10.0 Å². The van der Waals surface area contributed by atoms with Gasteiger partial charge in [-0.2, -0.15) is 5.10 Å². The molecule has 0 aliphatic carbocycles. The SMILES string of the molecule is CC(NS(=O)(=O)c1cccc(F)c1C(N)=S)c1ncn[nH]1. The summed E-state index contributed by atoms with van der Waals surface area (Å²) in [6.07, 6.45) is 1.25. The van der Waals surface area contributed by atoms with Crippen LogP contribution in [0.15, 0.2) is 29.4 Å². The van der Waals surface area contributed by atoms with Crippen molar-refractivity contribution < 1.29 is 12.8 Å². The zero-order chi connectivity index (χ0) is 15.6. The van der Waals surface area contributed by atoms with Crippen LogP contribution in [0.25, 0.3) is 0 Å². The van der Waals surface area contributed by atoms with Gasteiger partial charge in [0.15, 0.2) is 0 Å². The Morgan fingerprint density at radius 2 is 2.24 bits per heavy atom. The van der Waals surface area contributed by atoms with Crippen LogP contribution >= 0.6 is 12.2 Å². The molecule has 2 rings (SSSR count). The van der Waals surface area contributed by atoms with Crippen molar-refractivity contribution in [1.29, 1.82) is 0 Å². The van der Waals surface area contributed by atoms with Gasteiger partial charge < -0.3 is 5.73 Å². The van der Waals surface area contributed by atoms with Crippen molar-refractivity contribution in [3.63, 3.8) is 0 Å². The van der Waals surface area contributed by atoms with Crippen LogP contribution in [0.4, 0.5) is 4.39 Å². The first kappa shape index (κ1) is 15.5. The Kier molecular flexibility index (Phi) is 4.30. The summed E-state index contributed by atoms with van der Waals surface area (Å²) < 4.78 is 40.8. The van der Waals surface area contributed by atoms with E-state index in [9.17, 15) is 12.8 Å². The Morgan fingerprint density at radius 1 is 1.52 bits per heavy atom. The summed E-state index contributed by atoms with van der Waals surface area (Å²) in [5, 5.41) is 6.18. The number of H-pyrrole nitrogens is 1. The molecule has 21 heavy (non-hydrogen) atoms. The Hall–Kier alpha value is -1.91. The molecule has 1 aromatic carbocycles. The molecule has 2 aromatic rings. The van der Waals surface area contributed by atoms with Gasteiger partial charge in [0.05, 0.1) is 16.5 Å². The van der Waals surface area contributed by atoms with Crippen LogP contribution in [0.1, 0.15) is 24.4 Å². The predicted molar refractivity (Wildman–Crippen MR) is 77.4 cm³/mol. The van der Waals surface area contributed by atoms with E-state index in [2.05, 4.69) is 19.9 Å². The average molecular weight is 329 g/mol. The first-order valence-corrected chi connectivity index (χ1v) is 7.68. The number of hydrogen-bond acceptors (Lipinski definition) is 5. The second-order valence-electron chi connectivity index (χ2n) is 4.19.